The third kappa shape index (κ3) is 4.14. The predicted molar refractivity (Wildman–Crippen MR) is 126 cm³/mol. The van der Waals surface area contributed by atoms with E-state index < -0.39 is 34.2 Å². The van der Waals surface area contributed by atoms with Crippen LogP contribution in [-0.4, -0.2) is 73.8 Å². The number of hydrogen-bond acceptors (Lipinski definition) is 5. The highest BCUT2D eigenvalue weighted by Crippen LogP contribution is 2.67. The van der Waals surface area contributed by atoms with Crippen LogP contribution < -0.4 is 10.6 Å². The van der Waals surface area contributed by atoms with Crippen LogP contribution in [0.15, 0.2) is 0 Å². The highest BCUT2D eigenvalue weighted by Gasteiger charge is 2.76. The van der Waals surface area contributed by atoms with Gasteiger partial charge in [0.05, 0.1) is 29.2 Å². The van der Waals surface area contributed by atoms with Crippen molar-refractivity contribution in [3.05, 3.63) is 0 Å². The molecule has 3 fully saturated rings. The monoisotopic (exact) mass is 517 g/mol. The molecule has 3 aliphatic heterocycles. The zero-order valence-electron chi connectivity index (χ0n) is 19.5. The van der Waals surface area contributed by atoms with Gasteiger partial charge in [0.15, 0.2) is 0 Å². The lowest BCUT2D eigenvalue weighted by molar-refractivity contribution is -0.142. The molecule has 9 heteroatoms. The lowest BCUT2D eigenvalue weighted by Gasteiger charge is -2.40. The lowest BCUT2D eigenvalue weighted by Crippen LogP contribution is -2.60. The maximum Gasteiger partial charge on any atom is 0.244 e. The third-order valence-electron chi connectivity index (χ3n) is 6.70. The fourth-order valence-electron chi connectivity index (χ4n) is 6.17. The smallest absolute Gasteiger partial charge is 0.244 e. The van der Waals surface area contributed by atoms with E-state index in [1.807, 2.05) is 13.8 Å². The molecular formula is C22H36BrN3O4S. The first kappa shape index (κ1) is 24.8. The summed E-state index contributed by atoms with van der Waals surface area (Å²) >= 11 is 5.33. The fraction of sp³-hybridized carbons (Fsp3) is 0.864. The molecule has 0 aromatic heterocycles. The van der Waals surface area contributed by atoms with Crippen molar-refractivity contribution in [3.63, 3.8) is 0 Å². The molecule has 3 rings (SSSR count). The van der Waals surface area contributed by atoms with Crippen molar-refractivity contribution in [1.82, 2.24) is 15.5 Å². The van der Waals surface area contributed by atoms with Crippen LogP contribution in [0.4, 0.5) is 0 Å². The van der Waals surface area contributed by atoms with Crippen molar-refractivity contribution in [3.8, 4) is 0 Å². The lowest BCUT2D eigenvalue weighted by atomic mass is 9.70. The Balaban J connectivity index is 2.02. The van der Waals surface area contributed by atoms with Crippen LogP contribution in [0.3, 0.4) is 0 Å². The molecule has 31 heavy (non-hydrogen) atoms. The molecule has 7 atom stereocenters. The number of likely N-dealkylation sites (tertiary alicyclic amines) is 1. The number of carbonyl (C=O) groups excluding carboxylic acids is 3. The molecule has 0 saturated carbocycles. The summed E-state index contributed by atoms with van der Waals surface area (Å²) in [5, 5.41) is 15.7. The van der Waals surface area contributed by atoms with Crippen molar-refractivity contribution in [1.29, 1.82) is 0 Å². The maximum absolute atomic E-state index is 13.8. The number of amides is 3. The molecular weight excluding hydrogens is 482 g/mol. The highest BCUT2D eigenvalue weighted by molar-refractivity contribution is 9.09. The van der Waals surface area contributed by atoms with Crippen molar-refractivity contribution in [2.24, 2.45) is 17.3 Å². The maximum atomic E-state index is 13.8. The van der Waals surface area contributed by atoms with Crippen molar-refractivity contribution >= 4 is 45.4 Å². The first-order chi connectivity index (χ1) is 14.2. The van der Waals surface area contributed by atoms with Gasteiger partial charge in [-0.15, -0.1) is 11.8 Å². The highest BCUT2D eigenvalue weighted by atomic mass is 79.9. The number of hydrogen-bond donors (Lipinski definition) is 3. The van der Waals surface area contributed by atoms with Gasteiger partial charge in [-0.05, 0) is 39.0 Å². The van der Waals surface area contributed by atoms with Gasteiger partial charge in [-0.25, -0.2) is 0 Å². The Labute approximate surface area is 198 Å². The summed E-state index contributed by atoms with van der Waals surface area (Å²) in [7, 11) is 1.58. The Morgan fingerprint density at radius 1 is 1.29 bits per heavy atom. The van der Waals surface area contributed by atoms with E-state index in [1.54, 1.807) is 30.6 Å². The van der Waals surface area contributed by atoms with E-state index in [4.69, 9.17) is 0 Å². The molecule has 0 aromatic carbocycles. The van der Waals surface area contributed by atoms with Gasteiger partial charge in [-0.3, -0.25) is 14.4 Å². The second-order valence-corrected chi connectivity index (χ2v) is 13.9. The van der Waals surface area contributed by atoms with E-state index in [0.717, 1.165) is 6.42 Å². The first-order valence-corrected chi connectivity index (χ1v) is 12.8. The molecule has 3 aliphatic rings. The summed E-state index contributed by atoms with van der Waals surface area (Å²) in [6, 6.07) is -1.23. The number of thioether (sulfide) groups is 1. The molecule has 176 valence electrons. The minimum Gasteiger partial charge on any atom is -0.394 e. The molecule has 3 amide bonds. The van der Waals surface area contributed by atoms with E-state index >= 15 is 0 Å². The van der Waals surface area contributed by atoms with E-state index in [9.17, 15) is 19.5 Å². The van der Waals surface area contributed by atoms with E-state index in [0.29, 0.717) is 6.42 Å². The SMILES string of the molecule is CNC(=O)[C@H]1[C@H]2C(=O)N([C@H](C)CO)C(C(=O)NC(C)(C)CC(C)(C)C)C23CC(Br)[C@@H]1S3. The average molecular weight is 519 g/mol. The van der Waals surface area contributed by atoms with Gasteiger partial charge in [0.25, 0.3) is 0 Å². The van der Waals surface area contributed by atoms with Crippen LogP contribution >= 0.6 is 27.7 Å². The van der Waals surface area contributed by atoms with Gasteiger partial charge in [-0.2, -0.15) is 0 Å². The van der Waals surface area contributed by atoms with Crippen LogP contribution in [0.5, 0.6) is 0 Å². The number of carbonyl (C=O) groups is 3. The number of nitrogens with zero attached hydrogens (tertiary/aromatic N) is 1. The Morgan fingerprint density at radius 3 is 2.42 bits per heavy atom. The number of aliphatic hydroxyl groups excluding tert-OH is 1. The Bertz CT molecular complexity index is 770. The summed E-state index contributed by atoms with van der Waals surface area (Å²) in [6.07, 6.45) is 1.41. The summed E-state index contributed by atoms with van der Waals surface area (Å²) in [5.41, 5.74) is -0.441. The largest absolute Gasteiger partial charge is 0.394 e. The topological polar surface area (TPSA) is 98.7 Å². The number of halogens is 1. The number of aliphatic hydroxyl groups is 1. The summed E-state index contributed by atoms with van der Waals surface area (Å²) in [6.45, 7) is 11.9. The van der Waals surface area contributed by atoms with Crippen LogP contribution in [-0.2, 0) is 14.4 Å². The van der Waals surface area contributed by atoms with Crippen LogP contribution in [0.1, 0.15) is 54.4 Å². The zero-order valence-corrected chi connectivity index (χ0v) is 21.9. The molecule has 7 nitrogen and oxygen atoms in total. The molecule has 1 spiro atoms. The molecule has 3 N–H and O–H groups in total. The van der Waals surface area contributed by atoms with Crippen LogP contribution in [0, 0.1) is 17.3 Å². The fourth-order valence-corrected chi connectivity index (χ4v) is 9.77. The van der Waals surface area contributed by atoms with Gasteiger partial charge in [0, 0.05) is 22.7 Å². The zero-order chi connectivity index (χ0) is 23.5. The predicted octanol–water partition coefficient (Wildman–Crippen LogP) is 1.91. The molecule has 3 saturated heterocycles. The van der Waals surface area contributed by atoms with Crippen molar-refractivity contribution < 1.29 is 19.5 Å². The minimum absolute atomic E-state index is 0.0208. The molecule has 0 radical (unpaired) electrons. The Morgan fingerprint density at radius 2 is 1.90 bits per heavy atom. The van der Waals surface area contributed by atoms with Crippen LogP contribution in [0.2, 0.25) is 0 Å². The molecule has 2 bridgehead atoms. The first-order valence-electron chi connectivity index (χ1n) is 11.0. The normalized spacial score (nSPS) is 35.8. The van der Waals surface area contributed by atoms with Crippen LogP contribution in [0.25, 0.3) is 0 Å². The summed E-state index contributed by atoms with van der Waals surface area (Å²) in [4.78, 5) is 41.8. The second kappa shape index (κ2) is 8.20. The number of rotatable bonds is 6. The standard InChI is InChI=1S/C22H36BrN3O4S/c1-11(9-27)26-16(18(29)25-21(5,6)10-20(2,3)4)22-8-12(23)15(31-22)13(17(28)24-7)14(22)19(26)30/h11-16,27H,8-10H2,1-7H3,(H,24,28)(H,25,29)/t11-,12?,13+,14+,15+,16?,22?/m1/s1. The number of fused-ring (bicyclic) bond motifs is 1. The van der Waals surface area contributed by atoms with E-state index in [1.165, 1.54) is 0 Å². The van der Waals surface area contributed by atoms with E-state index in [2.05, 4.69) is 47.3 Å². The molecule has 3 heterocycles. The van der Waals surface area contributed by atoms with E-state index in [-0.39, 0.29) is 39.8 Å². The van der Waals surface area contributed by atoms with Gasteiger partial charge in [-0.1, -0.05) is 36.7 Å². The number of alkyl halides is 1. The average Bonchev–Trinajstić information content (AvgIpc) is 3.21. The van der Waals surface area contributed by atoms with Gasteiger partial charge in [0.2, 0.25) is 17.7 Å². The van der Waals surface area contributed by atoms with Crippen molar-refractivity contribution in [2.75, 3.05) is 13.7 Å². The minimum atomic E-state index is -0.726. The molecule has 3 unspecified atom stereocenters. The second-order valence-electron chi connectivity index (χ2n) is 11.2. The third-order valence-corrected chi connectivity index (χ3v) is 9.92. The van der Waals surface area contributed by atoms with Gasteiger partial charge < -0.3 is 20.6 Å². The van der Waals surface area contributed by atoms with Crippen molar-refractivity contribution in [2.45, 2.75) is 86.8 Å². The summed E-state index contributed by atoms with van der Waals surface area (Å²) in [5.74, 6) is -1.61. The molecule has 0 aliphatic carbocycles. The molecule has 0 aromatic rings. The quantitative estimate of drug-likeness (QED) is 0.467. The Hall–Kier alpha value is -0.800. The van der Waals surface area contributed by atoms with Gasteiger partial charge >= 0.3 is 0 Å². The number of nitrogens with one attached hydrogen (secondary N) is 2. The summed E-state index contributed by atoms with van der Waals surface area (Å²) < 4.78 is -0.682. The Kier molecular flexibility index (Phi) is 6.57. The van der Waals surface area contributed by atoms with Gasteiger partial charge in [0.1, 0.15) is 6.04 Å².